The first-order valence-corrected chi connectivity index (χ1v) is 10.2. The van der Waals surface area contributed by atoms with E-state index in [0.717, 1.165) is 25.2 Å². The van der Waals surface area contributed by atoms with Crippen LogP contribution in [0.25, 0.3) is 0 Å². The number of rotatable bonds is 7. The molecule has 0 aliphatic carbocycles. The number of amides is 1. The molecule has 1 aliphatic rings. The normalized spacial score (nSPS) is 14.2. The van der Waals surface area contributed by atoms with Gasteiger partial charge in [0, 0.05) is 57.8 Å². The van der Waals surface area contributed by atoms with Crippen molar-refractivity contribution in [2.45, 2.75) is 27.2 Å². The zero-order valence-electron chi connectivity index (χ0n) is 17.9. The number of hydrogen-bond donors (Lipinski definition) is 1. The number of methoxy groups -OCH3 is 1. The average Bonchev–Trinajstić information content (AvgIpc) is 2.72. The van der Waals surface area contributed by atoms with Crippen molar-refractivity contribution in [1.29, 1.82) is 0 Å². The summed E-state index contributed by atoms with van der Waals surface area (Å²) in [6.07, 6.45) is 0.859. The molecule has 1 fully saturated rings. The number of piperazine rings is 1. The molecule has 1 amide bonds. The zero-order valence-corrected chi connectivity index (χ0v) is 17.9. The Balaban J connectivity index is 1.63. The van der Waals surface area contributed by atoms with Crippen molar-refractivity contribution in [3.63, 3.8) is 0 Å². The molecule has 0 bridgehead atoms. The molecule has 0 spiro atoms. The van der Waals surface area contributed by atoms with Gasteiger partial charge in [-0.3, -0.25) is 4.79 Å². The Hall–Kier alpha value is -2.67. The van der Waals surface area contributed by atoms with E-state index in [0.29, 0.717) is 37.9 Å². The molecule has 29 heavy (non-hydrogen) atoms. The minimum Gasteiger partial charge on any atom is -0.385 e. The molecule has 0 atom stereocenters. The third-order valence-corrected chi connectivity index (χ3v) is 5.37. The topological polar surface area (TPSA) is 70.6 Å². The van der Waals surface area contributed by atoms with Gasteiger partial charge in [-0.2, -0.15) is 0 Å². The van der Waals surface area contributed by atoms with Crippen LogP contribution >= 0.6 is 0 Å². The summed E-state index contributed by atoms with van der Waals surface area (Å²) in [5.41, 5.74) is 5.10. The zero-order chi connectivity index (χ0) is 20.8. The minimum absolute atomic E-state index is 0.0314. The highest BCUT2D eigenvalue weighted by Crippen LogP contribution is 2.24. The van der Waals surface area contributed by atoms with Crippen LogP contribution < -0.4 is 10.2 Å². The van der Waals surface area contributed by atoms with Crippen molar-refractivity contribution in [3.05, 3.63) is 46.8 Å². The van der Waals surface area contributed by atoms with Crippen LogP contribution in [0.5, 0.6) is 0 Å². The lowest BCUT2D eigenvalue weighted by molar-refractivity contribution is 0.0740. The van der Waals surface area contributed by atoms with Gasteiger partial charge in [-0.25, -0.2) is 9.97 Å². The van der Waals surface area contributed by atoms with E-state index in [2.05, 4.69) is 52.2 Å². The number of ether oxygens (including phenoxy) is 1. The number of aryl methyl sites for hydroxylation is 2. The van der Waals surface area contributed by atoms with E-state index in [1.807, 2.05) is 11.8 Å². The third-order valence-electron chi connectivity index (χ3n) is 5.37. The van der Waals surface area contributed by atoms with Gasteiger partial charge in [-0.1, -0.05) is 12.1 Å². The van der Waals surface area contributed by atoms with Gasteiger partial charge in [0.05, 0.1) is 0 Å². The van der Waals surface area contributed by atoms with Gasteiger partial charge in [-0.05, 0) is 50.5 Å². The van der Waals surface area contributed by atoms with Gasteiger partial charge < -0.3 is 19.9 Å². The molecule has 0 saturated carbocycles. The molecule has 3 rings (SSSR count). The first kappa shape index (κ1) is 21.0. The number of benzene rings is 1. The highest BCUT2D eigenvalue weighted by molar-refractivity contribution is 5.92. The Morgan fingerprint density at radius 1 is 1.14 bits per heavy atom. The van der Waals surface area contributed by atoms with Crippen molar-refractivity contribution >= 4 is 17.5 Å². The third kappa shape index (κ3) is 5.23. The van der Waals surface area contributed by atoms with E-state index in [1.165, 1.54) is 16.8 Å². The second-order valence-electron chi connectivity index (χ2n) is 7.49. The maximum atomic E-state index is 13.0. The van der Waals surface area contributed by atoms with E-state index in [9.17, 15) is 4.79 Å². The second-order valence-corrected chi connectivity index (χ2v) is 7.49. The van der Waals surface area contributed by atoms with E-state index in [4.69, 9.17) is 4.74 Å². The molecule has 2 aromatic rings. The molecule has 0 radical (unpaired) electrons. The standard InChI is InChI=1S/C22H31N5O2/c1-16-7-5-8-20(18(16)3)26-10-12-27(13-11-26)21(28)19-15-17(2)24-22(25-19)23-9-6-14-29-4/h5,7-8,15H,6,9-14H2,1-4H3,(H,23,24,25). The maximum Gasteiger partial charge on any atom is 0.272 e. The summed E-state index contributed by atoms with van der Waals surface area (Å²) >= 11 is 0. The number of aromatic nitrogens is 2. The van der Waals surface area contributed by atoms with Crippen LogP contribution in [0, 0.1) is 20.8 Å². The lowest BCUT2D eigenvalue weighted by Crippen LogP contribution is -2.49. The van der Waals surface area contributed by atoms with Crippen LogP contribution in [-0.4, -0.2) is 67.2 Å². The number of hydrogen-bond acceptors (Lipinski definition) is 6. The molecular formula is C22H31N5O2. The first-order valence-electron chi connectivity index (χ1n) is 10.2. The number of carbonyl (C=O) groups is 1. The van der Waals surface area contributed by atoms with Gasteiger partial charge >= 0.3 is 0 Å². The van der Waals surface area contributed by atoms with Gasteiger partial charge in [-0.15, -0.1) is 0 Å². The highest BCUT2D eigenvalue weighted by Gasteiger charge is 2.24. The smallest absolute Gasteiger partial charge is 0.272 e. The average molecular weight is 398 g/mol. The second kappa shape index (κ2) is 9.69. The maximum absolute atomic E-state index is 13.0. The van der Waals surface area contributed by atoms with Crippen molar-refractivity contribution in [2.75, 3.05) is 56.7 Å². The predicted molar refractivity (Wildman–Crippen MR) is 116 cm³/mol. The molecule has 2 heterocycles. The van der Waals surface area contributed by atoms with Gasteiger partial charge in [0.15, 0.2) is 0 Å². The van der Waals surface area contributed by atoms with E-state index >= 15 is 0 Å². The lowest BCUT2D eigenvalue weighted by atomic mass is 10.1. The summed E-state index contributed by atoms with van der Waals surface area (Å²) in [4.78, 5) is 26.1. The highest BCUT2D eigenvalue weighted by atomic mass is 16.5. The molecule has 0 unspecified atom stereocenters. The Kier molecular flexibility index (Phi) is 7.04. The molecule has 1 aromatic carbocycles. The van der Waals surface area contributed by atoms with Gasteiger partial charge in [0.1, 0.15) is 5.69 Å². The molecule has 156 valence electrons. The number of anilines is 2. The SMILES string of the molecule is COCCCNc1nc(C)cc(C(=O)N2CCN(c3cccc(C)c3C)CC2)n1. The van der Waals surface area contributed by atoms with E-state index < -0.39 is 0 Å². The fraction of sp³-hybridized carbons (Fsp3) is 0.500. The molecule has 1 aromatic heterocycles. The summed E-state index contributed by atoms with van der Waals surface area (Å²) in [6, 6.07) is 8.16. The van der Waals surface area contributed by atoms with Crippen LogP contribution in [0.2, 0.25) is 0 Å². The monoisotopic (exact) mass is 397 g/mol. The van der Waals surface area contributed by atoms with Crippen molar-refractivity contribution in [3.8, 4) is 0 Å². The molecule has 7 nitrogen and oxygen atoms in total. The molecule has 1 saturated heterocycles. The van der Waals surface area contributed by atoms with Crippen molar-refractivity contribution < 1.29 is 9.53 Å². The molecular weight excluding hydrogens is 366 g/mol. The molecule has 1 aliphatic heterocycles. The van der Waals surface area contributed by atoms with E-state index in [-0.39, 0.29) is 5.91 Å². The van der Waals surface area contributed by atoms with Crippen LogP contribution in [0.15, 0.2) is 24.3 Å². The van der Waals surface area contributed by atoms with Crippen LogP contribution in [0.4, 0.5) is 11.6 Å². The Morgan fingerprint density at radius 3 is 2.62 bits per heavy atom. The number of nitrogens with zero attached hydrogens (tertiary/aromatic N) is 4. The summed E-state index contributed by atoms with van der Waals surface area (Å²) in [7, 11) is 1.68. The summed E-state index contributed by atoms with van der Waals surface area (Å²) in [5, 5.41) is 3.18. The number of nitrogens with one attached hydrogen (secondary N) is 1. The summed E-state index contributed by atoms with van der Waals surface area (Å²) in [6.45, 7) is 10.6. The fourth-order valence-electron chi connectivity index (χ4n) is 3.56. The van der Waals surface area contributed by atoms with Crippen molar-refractivity contribution in [2.24, 2.45) is 0 Å². The first-order chi connectivity index (χ1) is 14.0. The largest absolute Gasteiger partial charge is 0.385 e. The van der Waals surface area contributed by atoms with Crippen LogP contribution in [0.3, 0.4) is 0 Å². The lowest BCUT2D eigenvalue weighted by Gasteiger charge is -2.37. The Labute approximate surface area is 173 Å². The summed E-state index contributed by atoms with van der Waals surface area (Å²) in [5.74, 6) is 0.467. The Bertz CT molecular complexity index is 847. The molecule has 1 N–H and O–H groups in total. The van der Waals surface area contributed by atoms with Crippen LogP contribution in [-0.2, 0) is 4.74 Å². The van der Waals surface area contributed by atoms with Gasteiger partial charge in [0.25, 0.3) is 5.91 Å². The fourth-order valence-corrected chi connectivity index (χ4v) is 3.56. The minimum atomic E-state index is -0.0314. The van der Waals surface area contributed by atoms with Crippen molar-refractivity contribution in [1.82, 2.24) is 14.9 Å². The quantitative estimate of drug-likeness (QED) is 0.725. The summed E-state index contributed by atoms with van der Waals surface area (Å²) < 4.78 is 5.05. The Morgan fingerprint density at radius 2 is 1.90 bits per heavy atom. The number of carbonyl (C=O) groups excluding carboxylic acids is 1. The van der Waals surface area contributed by atoms with Crippen LogP contribution in [0.1, 0.15) is 33.7 Å². The van der Waals surface area contributed by atoms with Gasteiger partial charge in [0.2, 0.25) is 5.95 Å². The van der Waals surface area contributed by atoms with E-state index in [1.54, 1.807) is 13.2 Å². The molecule has 7 heteroatoms. The predicted octanol–water partition coefficient (Wildman–Crippen LogP) is 2.81.